The van der Waals surface area contributed by atoms with Crippen molar-refractivity contribution in [2.75, 3.05) is 28.4 Å². The van der Waals surface area contributed by atoms with Crippen molar-refractivity contribution >= 4 is 24.0 Å². The molecule has 2 aliphatic heterocycles. The first kappa shape index (κ1) is 28.0. The van der Waals surface area contributed by atoms with Crippen molar-refractivity contribution in [2.45, 2.75) is 50.2 Å². The lowest BCUT2D eigenvalue weighted by Crippen LogP contribution is -2.46. The monoisotopic (exact) mass is 539 g/mol. The van der Waals surface area contributed by atoms with Gasteiger partial charge in [0.05, 0.1) is 39.0 Å². The zero-order chi connectivity index (χ0) is 28.1. The number of hydrogen-bond acceptors (Lipinski definition) is 10. The smallest absolute Gasteiger partial charge is 0.338 e. The molecule has 5 atom stereocenters. The molecule has 0 aromatic heterocycles. The molecule has 2 saturated heterocycles. The Morgan fingerprint density at radius 2 is 1.44 bits per heavy atom. The van der Waals surface area contributed by atoms with Crippen LogP contribution in [0.15, 0.2) is 48.5 Å². The van der Waals surface area contributed by atoms with Crippen molar-refractivity contribution in [2.24, 2.45) is 0 Å². The third kappa shape index (κ3) is 6.17. The van der Waals surface area contributed by atoms with Gasteiger partial charge in [-0.15, -0.1) is 0 Å². The molecule has 0 aliphatic carbocycles. The van der Waals surface area contributed by atoms with Crippen molar-refractivity contribution in [3.8, 4) is 17.2 Å². The number of carbonyl (C=O) groups is 3. The average Bonchev–Trinajstić information content (AvgIpc) is 3.06. The lowest BCUT2D eigenvalue weighted by atomic mass is 10.00. The summed E-state index contributed by atoms with van der Waals surface area (Å²) < 4.78 is 33.3. The lowest BCUT2D eigenvalue weighted by Gasteiger charge is -2.35. The van der Waals surface area contributed by atoms with Crippen LogP contribution in [-0.2, 0) is 23.8 Å². The Morgan fingerprint density at radius 1 is 0.846 bits per heavy atom. The van der Waals surface area contributed by atoms with E-state index in [4.69, 9.17) is 28.4 Å². The number of piperidine rings is 1. The largest absolute Gasteiger partial charge is 0.493 e. The Bertz CT molecular complexity index is 1200. The summed E-state index contributed by atoms with van der Waals surface area (Å²) >= 11 is 0. The van der Waals surface area contributed by atoms with Gasteiger partial charge in [0.2, 0.25) is 5.75 Å². The first-order chi connectivity index (χ1) is 18.7. The van der Waals surface area contributed by atoms with Crippen LogP contribution in [0.2, 0.25) is 0 Å². The van der Waals surface area contributed by atoms with Crippen molar-refractivity contribution in [1.82, 2.24) is 4.90 Å². The van der Waals surface area contributed by atoms with Crippen LogP contribution in [0.5, 0.6) is 17.2 Å². The summed E-state index contributed by atoms with van der Waals surface area (Å²) in [5.41, 5.74) is 1.07. The van der Waals surface area contributed by atoms with Crippen molar-refractivity contribution < 1.29 is 42.8 Å². The number of esters is 3. The maximum Gasteiger partial charge on any atom is 0.338 e. The fraction of sp³-hybridized carbons (Fsp3) is 0.414. The maximum atomic E-state index is 12.8. The number of hydrogen-bond donors (Lipinski definition) is 0. The lowest BCUT2D eigenvalue weighted by molar-refractivity contribution is -0.153. The first-order valence-electron chi connectivity index (χ1n) is 12.6. The van der Waals surface area contributed by atoms with Gasteiger partial charge < -0.3 is 28.4 Å². The van der Waals surface area contributed by atoms with Gasteiger partial charge in [-0.25, -0.2) is 9.59 Å². The highest BCUT2D eigenvalue weighted by atomic mass is 16.6. The van der Waals surface area contributed by atoms with Crippen molar-refractivity contribution in [3.05, 3.63) is 59.7 Å². The summed E-state index contributed by atoms with van der Waals surface area (Å²) in [4.78, 5) is 39.5. The molecule has 2 heterocycles. The molecule has 0 N–H and O–H groups in total. The van der Waals surface area contributed by atoms with Crippen LogP contribution in [0.4, 0.5) is 0 Å². The molecule has 2 bridgehead atoms. The molecule has 10 heteroatoms. The van der Waals surface area contributed by atoms with E-state index in [2.05, 4.69) is 0 Å². The highest BCUT2D eigenvalue weighted by Crippen LogP contribution is 2.40. The number of ether oxygens (including phenoxy) is 6. The second-order valence-electron chi connectivity index (χ2n) is 9.43. The maximum absolute atomic E-state index is 12.8. The molecule has 0 amide bonds. The van der Waals surface area contributed by atoms with Crippen LogP contribution in [0.25, 0.3) is 6.08 Å². The van der Waals surface area contributed by atoms with E-state index in [1.807, 2.05) is 18.0 Å². The summed E-state index contributed by atoms with van der Waals surface area (Å²) in [7, 11) is 6.44. The van der Waals surface area contributed by atoms with Gasteiger partial charge in [-0.1, -0.05) is 18.2 Å². The Morgan fingerprint density at radius 3 is 1.97 bits per heavy atom. The number of nitrogens with zero attached hydrogens (tertiary/aromatic N) is 1. The molecular formula is C29H33NO9. The quantitative estimate of drug-likeness (QED) is 0.268. The van der Waals surface area contributed by atoms with Gasteiger partial charge in [-0.3, -0.25) is 9.69 Å². The Kier molecular flexibility index (Phi) is 8.75. The number of benzene rings is 2. The van der Waals surface area contributed by atoms with Crippen LogP contribution in [-0.4, -0.2) is 81.6 Å². The van der Waals surface area contributed by atoms with Crippen molar-refractivity contribution in [1.29, 1.82) is 0 Å². The summed E-state index contributed by atoms with van der Waals surface area (Å²) in [5.74, 6) is -0.122. The topological polar surface area (TPSA) is 110 Å². The van der Waals surface area contributed by atoms with Crippen molar-refractivity contribution in [3.63, 3.8) is 0 Å². The second kappa shape index (κ2) is 12.2. The highest BCUT2D eigenvalue weighted by Gasteiger charge is 2.56. The molecule has 2 unspecified atom stereocenters. The molecule has 0 spiro atoms. The number of likely N-dealkylation sites (N-methyl/N-ethyl adjacent to an activating group) is 1. The fourth-order valence-electron chi connectivity index (χ4n) is 5.29. The Balaban J connectivity index is 1.47. The third-order valence-electron chi connectivity index (χ3n) is 7.07. The molecule has 39 heavy (non-hydrogen) atoms. The molecule has 2 aromatic carbocycles. The van der Waals surface area contributed by atoms with Gasteiger partial charge >= 0.3 is 17.9 Å². The van der Waals surface area contributed by atoms with Gasteiger partial charge in [-0.05, 0) is 43.0 Å². The van der Waals surface area contributed by atoms with E-state index in [0.29, 0.717) is 41.2 Å². The van der Waals surface area contributed by atoms with E-state index in [1.54, 1.807) is 42.5 Å². The second-order valence-corrected chi connectivity index (χ2v) is 9.43. The van der Waals surface area contributed by atoms with Crippen LogP contribution < -0.4 is 14.2 Å². The number of methoxy groups -OCH3 is 3. The first-order valence-corrected chi connectivity index (χ1v) is 12.6. The molecular weight excluding hydrogens is 506 g/mol. The normalized spacial score (nSPS) is 24.2. The van der Waals surface area contributed by atoms with Crippen LogP contribution in [0.1, 0.15) is 35.7 Å². The molecule has 208 valence electrons. The van der Waals surface area contributed by atoms with Gasteiger partial charge in [0, 0.05) is 25.8 Å². The summed E-state index contributed by atoms with van der Waals surface area (Å²) in [6.45, 7) is 1.32. The number of fused-ring (bicyclic) bond motifs is 2. The van der Waals surface area contributed by atoms with E-state index in [9.17, 15) is 14.4 Å². The molecule has 4 rings (SSSR count). The van der Waals surface area contributed by atoms with E-state index >= 15 is 0 Å². The summed E-state index contributed by atoms with van der Waals surface area (Å²) in [5, 5.41) is 0. The zero-order valence-electron chi connectivity index (χ0n) is 22.6. The standard InChI is InChI=1S/C29H33NO9/c1-17(31)37-26-21-15-20(16-22(30(21)2)27(26)39-29(33)19-9-7-6-8-10-19)38-25(32)12-11-18-13-23(34-3)28(36-5)24(14-18)35-4/h6-14,20-22,26-27H,15-16H2,1-5H3/t20-,21?,22?,26-,27+/m1/s1. The zero-order valence-corrected chi connectivity index (χ0v) is 22.6. The van der Waals surface area contributed by atoms with E-state index < -0.39 is 36.2 Å². The fourth-order valence-corrected chi connectivity index (χ4v) is 5.29. The van der Waals surface area contributed by atoms with Crippen LogP contribution in [0.3, 0.4) is 0 Å². The molecule has 2 aromatic rings. The van der Waals surface area contributed by atoms with Crippen LogP contribution in [0, 0.1) is 0 Å². The van der Waals surface area contributed by atoms with E-state index in [-0.39, 0.29) is 12.1 Å². The van der Waals surface area contributed by atoms with Gasteiger partial charge in [0.25, 0.3) is 0 Å². The molecule has 2 aliphatic rings. The van der Waals surface area contributed by atoms with Gasteiger partial charge in [0.1, 0.15) is 6.10 Å². The number of carbonyl (C=O) groups excluding carboxylic acids is 3. The predicted molar refractivity (Wildman–Crippen MR) is 141 cm³/mol. The number of rotatable bonds is 9. The average molecular weight is 540 g/mol. The highest BCUT2D eigenvalue weighted by molar-refractivity contribution is 5.89. The molecule has 10 nitrogen and oxygen atoms in total. The van der Waals surface area contributed by atoms with Gasteiger partial charge in [0.15, 0.2) is 23.7 Å². The third-order valence-corrected chi connectivity index (χ3v) is 7.07. The Hall–Kier alpha value is -4.05. The molecule has 0 radical (unpaired) electrons. The predicted octanol–water partition coefficient (Wildman–Crippen LogP) is 3.27. The minimum absolute atomic E-state index is 0.280. The molecule has 2 fully saturated rings. The van der Waals surface area contributed by atoms with Gasteiger partial charge in [-0.2, -0.15) is 0 Å². The van der Waals surface area contributed by atoms with Crippen LogP contribution >= 0.6 is 0 Å². The SMILES string of the molecule is COc1cc(C=CC(=O)O[C@@H]2CC3[C@@H](OC(C)=O)[C@@H](OC(=O)c4ccccc4)C(C2)N3C)cc(OC)c1OC. The van der Waals surface area contributed by atoms with E-state index in [1.165, 1.54) is 34.3 Å². The summed E-state index contributed by atoms with van der Waals surface area (Å²) in [6, 6.07) is 11.5. The minimum atomic E-state index is -0.699. The Labute approximate surface area is 227 Å². The van der Waals surface area contributed by atoms with E-state index in [0.717, 1.165) is 0 Å². The molecule has 0 saturated carbocycles. The minimum Gasteiger partial charge on any atom is -0.493 e. The summed E-state index contributed by atoms with van der Waals surface area (Å²) in [6.07, 6.45) is 1.94.